The van der Waals surface area contributed by atoms with Crippen molar-refractivity contribution in [2.24, 2.45) is 7.05 Å². The minimum absolute atomic E-state index is 0.0984. The second-order valence-corrected chi connectivity index (χ2v) is 8.31. The van der Waals surface area contributed by atoms with E-state index >= 15 is 0 Å². The zero-order valence-electron chi connectivity index (χ0n) is 18.6. The van der Waals surface area contributed by atoms with Crippen LogP contribution in [0.4, 0.5) is 4.39 Å². The topological polar surface area (TPSA) is 70.5 Å². The molecule has 166 valence electrons. The van der Waals surface area contributed by atoms with Gasteiger partial charge in [-0.05, 0) is 41.3 Å². The Bertz CT molecular complexity index is 1500. The second-order valence-electron chi connectivity index (χ2n) is 8.31. The zero-order valence-corrected chi connectivity index (χ0v) is 18.6. The summed E-state index contributed by atoms with van der Waals surface area (Å²) in [6, 6.07) is 14.7. The van der Waals surface area contributed by atoms with Crippen LogP contribution in [-0.2, 0) is 13.6 Å². The Hall–Kier alpha value is -4.07. The highest BCUT2D eigenvalue weighted by atomic mass is 19.1. The Labute approximate surface area is 189 Å². The molecule has 0 bridgehead atoms. The number of aryl methyl sites for hydroxylation is 1. The maximum atomic E-state index is 14.8. The van der Waals surface area contributed by atoms with Crippen molar-refractivity contribution >= 4 is 11.2 Å². The standard InChI is InChI=1S/C25H23FN6O/c1-16(2)19-6-4-7-20(26)22(19)23-27-14-21-24(29-23)31(25(33)30(21)3)15-17-8-10-18(11-9-17)32-13-5-12-28-32/h4-14,16H,15H2,1-3H3. The van der Waals surface area contributed by atoms with Crippen LogP contribution in [-0.4, -0.2) is 28.9 Å². The van der Waals surface area contributed by atoms with Crippen molar-refractivity contribution in [1.29, 1.82) is 0 Å². The van der Waals surface area contributed by atoms with Gasteiger partial charge in [-0.25, -0.2) is 23.8 Å². The third-order valence-electron chi connectivity index (χ3n) is 5.82. The van der Waals surface area contributed by atoms with Crippen LogP contribution in [0.25, 0.3) is 28.2 Å². The second kappa shape index (κ2) is 8.12. The number of imidazole rings is 1. The van der Waals surface area contributed by atoms with Crippen LogP contribution < -0.4 is 5.69 Å². The summed E-state index contributed by atoms with van der Waals surface area (Å²) in [7, 11) is 1.69. The Balaban J connectivity index is 1.59. The Kier molecular flexibility index (Phi) is 5.12. The van der Waals surface area contributed by atoms with Gasteiger partial charge in [0.1, 0.15) is 11.3 Å². The molecule has 0 spiro atoms. The first-order valence-corrected chi connectivity index (χ1v) is 10.7. The highest BCUT2D eigenvalue weighted by molar-refractivity contribution is 5.74. The number of hydrogen-bond acceptors (Lipinski definition) is 4. The van der Waals surface area contributed by atoms with Crippen molar-refractivity contribution in [2.45, 2.75) is 26.3 Å². The molecule has 0 saturated heterocycles. The summed E-state index contributed by atoms with van der Waals surface area (Å²) in [4.78, 5) is 22.1. The summed E-state index contributed by atoms with van der Waals surface area (Å²) in [6.45, 7) is 4.34. The monoisotopic (exact) mass is 442 g/mol. The lowest BCUT2D eigenvalue weighted by atomic mass is 9.96. The summed E-state index contributed by atoms with van der Waals surface area (Å²) in [6.07, 6.45) is 5.19. The van der Waals surface area contributed by atoms with Gasteiger partial charge in [-0.15, -0.1) is 0 Å². The van der Waals surface area contributed by atoms with Crippen LogP contribution >= 0.6 is 0 Å². The molecule has 0 aliphatic heterocycles. The van der Waals surface area contributed by atoms with Crippen molar-refractivity contribution in [3.8, 4) is 17.1 Å². The molecule has 5 aromatic rings. The molecule has 0 unspecified atom stereocenters. The molecule has 3 heterocycles. The fourth-order valence-corrected chi connectivity index (χ4v) is 4.06. The van der Waals surface area contributed by atoms with E-state index in [1.807, 2.05) is 56.4 Å². The maximum Gasteiger partial charge on any atom is 0.330 e. The van der Waals surface area contributed by atoms with E-state index in [0.29, 0.717) is 23.3 Å². The molecule has 0 aliphatic carbocycles. The molecule has 0 amide bonds. The molecule has 2 aromatic carbocycles. The zero-order chi connectivity index (χ0) is 23.1. The van der Waals surface area contributed by atoms with E-state index in [0.717, 1.165) is 16.8 Å². The molecule has 5 rings (SSSR count). The largest absolute Gasteiger partial charge is 0.330 e. The summed E-state index contributed by atoms with van der Waals surface area (Å²) < 4.78 is 19.7. The first-order chi connectivity index (χ1) is 15.9. The van der Waals surface area contributed by atoms with Crippen LogP contribution in [0.1, 0.15) is 30.9 Å². The van der Waals surface area contributed by atoms with Crippen molar-refractivity contribution in [2.75, 3.05) is 0 Å². The maximum absolute atomic E-state index is 14.8. The van der Waals surface area contributed by atoms with Crippen molar-refractivity contribution in [1.82, 2.24) is 28.9 Å². The van der Waals surface area contributed by atoms with E-state index in [4.69, 9.17) is 0 Å². The quantitative estimate of drug-likeness (QED) is 0.407. The van der Waals surface area contributed by atoms with E-state index in [9.17, 15) is 9.18 Å². The lowest BCUT2D eigenvalue weighted by Crippen LogP contribution is -2.22. The molecule has 0 N–H and O–H groups in total. The van der Waals surface area contributed by atoms with Gasteiger partial charge in [0.05, 0.1) is 24.0 Å². The van der Waals surface area contributed by atoms with Crippen LogP contribution in [0, 0.1) is 5.82 Å². The van der Waals surface area contributed by atoms with Gasteiger partial charge in [0.15, 0.2) is 11.5 Å². The van der Waals surface area contributed by atoms with Gasteiger partial charge in [-0.2, -0.15) is 5.10 Å². The third-order valence-corrected chi connectivity index (χ3v) is 5.82. The van der Waals surface area contributed by atoms with Gasteiger partial charge in [0.2, 0.25) is 0 Å². The number of benzene rings is 2. The van der Waals surface area contributed by atoms with E-state index in [-0.39, 0.29) is 23.2 Å². The highest BCUT2D eigenvalue weighted by Crippen LogP contribution is 2.30. The average molecular weight is 442 g/mol. The van der Waals surface area contributed by atoms with E-state index < -0.39 is 0 Å². The van der Waals surface area contributed by atoms with E-state index in [1.54, 1.807) is 34.8 Å². The van der Waals surface area contributed by atoms with Gasteiger partial charge >= 0.3 is 5.69 Å². The number of aromatic nitrogens is 6. The molecule has 0 aliphatic rings. The number of halogens is 1. The SMILES string of the molecule is CC(C)c1cccc(F)c1-c1ncc2c(n1)n(Cc1ccc(-n3cccn3)cc1)c(=O)n2C. The van der Waals surface area contributed by atoms with Crippen LogP contribution in [0.15, 0.2) is 71.9 Å². The number of rotatable bonds is 5. The van der Waals surface area contributed by atoms with Crippen molar-refractivity contribution in [3.63, 3.8) is 0 Å². The Morgan fingerprint density at radius 1 is 1.06 bits per heavy atom. The average Bonchev–Trinajstić information content (AvgIpc) is 3.43. The molecule has 3 aromatic heterocycles. The Morgan fingerprint density at radius 2 is 1.85 bits per heavy atom. The molecular formula is C25H23FN6O. The smallest absolute Gasteiger partial charge is 0.292 e. The third kappa shape index (κ3) is 3.63. The number of nitrogens with zero attached hydrogens (tertiary/aromatic N) is 6. The van der Waals surface area contributed by atoms with Crippen LogP contribution in [0.5, 0.6) is 0 Å². The van der Waals surface area contributed by atoms with E-state index in [1.165, 1.54) is 10.6 Å². The first-order valence-electron chi connectivity index (χ1n) is 10.7. The molecule has 0 atom stereocenters. The van der Waals surface area contributed by atoms with Gasteiger partial charge in [-0.1, -0.05) is 38.1 Å². The van der Waals surface area contributed by atoms with Crippen molar-refractivity contribution < 1.29 is 4.39 Å². The first kappa shape index (κ1) is 20.8. The minimum atomic E-state index is -0.375. The normalized spacial score (nSPS) is 11.5. The lowest BCUT2D eigenvalue weighted by Gasteiger charge is -2.13. The highest BCUT2D eigenvalue weighted by Gasteiger charge is 2.19. The molecule has 0 fully saturated rings. The fraction of sp³-hybridized carbons (Fsp3) is 0.200. The van der Waals surface area contributed by atoms with Gasteiger partial charge < -0.3 is 0 Å². The van der Waals surface area contributed by atoms with Crippen LogP contribution in [0.3, 0.4) is 0 Å². The van der Waals surface area contributed by atoms with Gasteiger partial charge in [0.25, 0.3) is 0 Å². The number of fused-ring (bicyclic) bond motifs is 1. The molecule has 7 nitrogen and oxygen atoms in total. The van der Waals surface area contributed by atoms with Gasteiger partial charge in [-0.3, -0.25) is 9.13 Å². The summed E-state index contributed by atoms with van der Waals surface area (Å²) in [5, 5.41) is 4.23. The molecule has 8 heteroatoms. The molecular weight excluding hydrogens is 419 g/mol. The summed E-state index contributed by atoms with van der Waals surface area (Å²) in [5.41, 5.74) is 3.94. The predicted octanol–water partition coefficient (Wildman–Crippen LogP) is 4.29. The molecule has 0 radical (unpaired) electrons. The fourth-order valence-electron chi connectivity index (χ4n) is 4.06. The number of hydrogen-bond donors (Lipinski definition) is 0. The summed E-state index contributed by atoms with van der Waals surface area (Å²) in [5.74, 6) is -0.00136. The van der Waals surface area contributed by atoms with Crippen molar-refractivity contribution in [3.05, 3.63) is 94.5 Å². The molecule has 0 saturated carbocycles. The molecule has 33 heavy (non-hydrogen) atoms. The summed E-state index contributed by atoms with van der Waals surface area (Å²) >= 11 is 0. The van der Waals surface area contributed by atoms with E-state index in [2.05, 4.69) is 15.1 Å². The van der Waals surface area contributed by atoms with Gasteiger partial charge in [0, 0.05) is 19.4 Å². The predicted molar refractivity (Wildman–Crippen MR) is 125 cm³/mol. The van der Waals surface area contributed by atoms with Crippen LogP contribution in [0.2, 0.25) is 0 Å². The lowest BCUT2D eigenvalue weighted by molar-refractivity contribution is 0.626. The minimum Gasteiger partial charge on any atom is -0.292 e. The Morgan fingerprint density at radius 3 is 2.55 bits per heavy atom.